The van der Waals surface area contributed by atoms with Crippen LogP contribution in [0, 0.1) is 5.92 Å². The topological polar surface area (TPSA) is 21.3 Å². The van der Waals surface area contributed by atoms with E-state index < -0.39 is 0 Å². The summed E-state index contributed by atoms with van der Waals surface area (Å²) in [5.74, 6) is 0.836. The van der Waals surface area contributed by atoms with Crippen LogP contribution in [0.1, 0.15) is 52.9 Å². The van der Waals surface area contributed by atoms with E-state index in [0.29, 0.717) is 0 Å². The van der Waals surface area contributed by atoms with E-state index in [9.17, 15) is 0 Å². The van der Waals surface area contributed by atoms with Gasteiger partial charge in [0.05, 0.1) is 0 Å². The molecule has 0 aromatic rings. The molecule has 92 valence electrons. The molecule has 0 bridgehead atoms. The summed E-state index contributed by atoms with van der Waals surface area (Å²) in [6.07, 6.45) is 6.23. The van der Waals surface area contributed by atoms with Crippen LogP contribution >= 0.6 is 0 Å². The number of nitrogens with one attached hydrogen (secondary N) is 1. The van der Waals surface area contributed by atoms with Crippen molar-refractivity contribution in [3.8, 4) is 0 Å². The zero-order valence-electron chi connectivity index (χ0n) is 10.8. The summed E-state index contributed by atoms with van der Waals surface area (Å²) in [6, 6.07) is 0. The molecule has 0 atom stereocenters. The van der Waals surface area contributed by atoms with Crippen molar-refractivity contribution in [3.63, 3.8) is 0 Å². The van der Waals surface area contributed by atoms with Crippen molar-refractivity contribution in [1.29, 1.82) is 0 Å². The van der Waals surface area contributed by atoms with Crippen molar-refractivity contribution in [3.05, 3.63) is 0 Å². The predicted octanol–water partition coefficient (Wildman–Crippen LogP) is 3.22. The van der Waals surface area contributed by atoms with Crippen molar-refractivity contribution in [2.75, 3.05) is 26.3 Å². The molecule has 0 amide bonds. The van der Waals surface area contributed by atoms with Gasteiger partial charge in [-0.25, -0.2) is 0 Å². The minimum absolute atomic E-state index is 0.836. The molecule has 0 spiro atoms. The van der Waals surface area contributed by atoms with Gasteiger partial charge in [-0.15, -0.1) is 0 Å². The smallest absolute Gasteiger partial charge is 0.0478 e. The highest BCUT2D eigenvalue weighted by Crippen LogP contribution is 2.05. The molecule has 0 heterocycles. The molecular weight excluding hydrogens is 186 g/mol. The molecule has 0 aliphatic rings. The first kappa shape index (κ1) is 14.9. The first-order chi connectivity index (χ1) is 7.27. The minimum Gasteiger partial charge on any atom is -0.381 e. The van der Waals surface area contributed by atoms with Gasteiger partial charge in [0.25, 0.3) is 0 Å². The normalized spacial score (nSPS) is 11.2. The third-order valence-corrected chi connectivity index (χ3v) is 2.39. The van der Waals surface area contributed by atoms with Crippen LogP contribution in [0.15, 0.2) is 0 Å². The second kappa shape index (κ2) is 12.0. The van der Waals surface area contributed by atoms with E-state index in [1.807, 2.05) is 0 Å². The summed E-state index contributed by atoms with van der Waals surface area (Å²) < 4.78 is 5.56. The maximum Gasteiger partial charge on any atom is 0.0478 e. The van der Waals surface area contributed by atoms with Gasteiger partial charge in [0.1, 0.15) is 0 Å². The van der Waals surface area contributed by atoms with Crippen molar-refractivity contribution in [2.45, 2.75) is 52.9 Å². The van der Waals surface area contributed by atoms with Crippen molar-refractivity contribution in [2.24, 2.45) is 5.92 Å². The van der Waals surface area contributed by atoms with Gasteiger partial charge in [0, 0.05) is 13.2 Å². The van der Waals surface area contributed by atoms with Crippen molar-refractivity contribution < 1.29 is 4.74 Å². The Labute approximate surface area is 95.8 Å². The Hall–Kier alpha value is -0.0800. The molecule has 1 N–H and O–H groups in total. The lowest BCUT2D eigenvalue weighted by atomic mass is 10.1. The van der Waals surface area contributed by atoms with Gasteiger partial charge >= 0.3 is 0 Å². The first-order valence-electron chi connectivity index (χ1n) is 6.55. The van der Waals surface area contributed by atoms with E-state index in [2.05, 4.69) is 26.1 Å². The van der Waals surface area contributed by atoms with Gasteiger partial charge in [0.2, 0.25) is 0 Å². The molecule has 0 aliphatic carbocycles. The van der Waals surface area contributed by atoms with E-state index in [4.69, 9.17) is 4.74 Å². The molecule has 0 fully saturated rings. The highest BCUT2D eigenvalue weighted by molar-refractivity contribution is 4.47. The van der Waals surface area contributed by atoms with Crippen LogP contribution in [0.4, 0.5) is 0 Å². The lowest BCUT2D eigenvalue weighted by molar-refractivity contribution is 0.127. The summed E-state index contributed by atoms with van der Waals surface area (Å²) in [5, 5.41) is 3.37. The molecule has 2 heteroatoms. The van der Waals surface area contributed by atoms with Gasteiger partial charge in [-0.2, -0.15) is 0 Å². The predicted molar refractivity (Wildman–Crippen MR) is 67.3 cm³/mol. The van der Waals surface area contributed by atoms with Gasteiger partial charge in [0.15, 0.2) is 0 Å². The van der Waals surface area contributed by atoms with E-state index in [1.54, 1.807) is 0 Å². The molecule has 0 aromatic carbocycles. The fourth-order valence-electron chi connectivity index (χ4n) is 1.46. The first-order valence-corrected chi connectivity index (χ1v) is 6.55. The Morgan fingerprint density at radius 3 is 2.40 bits per heavy atom. The summed E-state index contributed by atoms with van der Waals surface area (Å²) >= 11 is 0. The summed E-state index contributed by atoms with van der Waals surface area (Å²) in [5.41, 5.74) is 0. The minimum atomic E-state index is 0.836. The Bertz CT molecular complexity index is 115. The summed E-state index contributed by atoms with van der Waals surface area (Å²) in [4.78, 5) is 0. The zero-order chi connectivity index (χ0) is 11.4. The zero-order valence-corrected chi connectivity index (χ0v) is 10.8. The van der Waals surface area contributed by atoms with Crippen LogP contribution in [0.2, 0.25) is 0 Å². The average Bonchev–Trinajstić information content (AvgIpc) is 2.20. The van der Waals surface area contributed by atoms with E-state index in [-0.39, 0.29) is 0 Å². The fraction of sp³-hybridized carbons (Fsp3) is 1.00. The van der Waals surface area contributed by atoms with Crippen molar-refractivity contribution in [1.82, 2.24) is 5.32 Å². The third-order valence-electron chi connectivity index (χ3n) is 2.39. The standard InChI is InChI=1S/C13H29NO/c1-4-9-14-10-7-12-15-11-6-5-8-13(2)3/h13-14H,4-12H2,1-3H3. The van der Waals surface area contributed by atoms with Gasteiger partial charge in [-0.3, -0.25) is 0 Å². The molecule has 2 nitrogen and oxygen atoms in total. The van der Waals surface area contributed by atoms with E-state index >= 15 is 0 Å². The Morgan fingerprint density at radius 1 is 1.00 bits per heavy atom. The molecule has 15 heavy (non-hydrogen) atoms. The summed E-state index contributed by atoms with van der Waals surface area (Å²) in [7, 11) is 0. The van der Waals surface area contributed by atoms with E-state index in [0.717, 1.165) is 38.6 Å². The highest BCUT2D eigenvalue weighted by Gasteiger charge is 1.94. The number of ether oxygens (including phenoxy) is 1. The molecule has 0 saturated heterocycles. The molecule has 0 unspecified atom stereocenters. The lowest BCUT2D eigenvalue weighted by Crippen LogP contribution is -2.17. The van der Waals surface area contributed by atoms with Crippen LogP contribution in [-0.2, 0) is 4.74 Å². The number of hydrogen-bond acceptors (Lipinski definition) is 2. The Balaban J connectivity index is 2.87. The number of unbranched alkanes of at least 4 members (excludes halogenated alkanes) is 1. The van der Waals surface area contributed by atoms with Gasteiger partial charge in [-0.05, 0) is 38.3 Å². The Kier molecular flexibility index (Phi) is 11.9. The second-order valence-electron chi connectivity index (χ2n) is 4.61. The van der Waals surface area contributed by atoms with Crippen LogP contribution in [-0.4, -0.2) is 26.3 Å². The molecule has 0 aromatic heterocycles. The maximum atomic E-state index is 5.56. The van der Waals surface area contributed by atoms with Crippen molar-refractivity contribution >= 4 is 0 Å². The SMILES string of the molecule is CCCNCCCOCCCCC(C)C. The maximum absolute atomic E-state index is 5.56. The third kappa shape index (κ3) is 13.9. The average molecular weight is 215 g/mol. The van der Waals surface area contributed by atoms with E-state index in [1.165, 1.54) is 25.7 Å². The number of rotatable bonds is 11. The monoisotopic (exact) mass is 215 g/mol. The van der Waals surface area contributed by atoms with Crippen LogP contribution in [0.25, 0.3) is 0 Å². The van der Waals surface area contributed by atoms with Crippen LogP contribution in [0.3, 0.4) is 0 Å². The largest absolute Gasteiger partial charge is 0.381 e. The van der Waals surface area contributed by atoms with Crippen LogP contribution in [0.5, 0.6) is 0 Å². The van der Waals surface area contributed by atoms with Crippen LogP contribution < -0.4 is 5.32 Å². The molecule has 0 rings (SSSR count). The quantitative estimate of drug-likeness (QED) is 0.534. The molecule has 0 saturated carbocycles. The lowest BCUT2D eigenvalue weighted by Gasteiger charge is -2.06. The summed E-state index contributed by atoms with van der Waals surface area (Å²) in [6.45, 7) is 10.8. The molecular formula is C13H29NO. The highest BCUT2D eigenvalue weighted by atomic mass is 16.5. The van der Waals surface area contributed by atoms with Gasteiger partial charge < -0.3 is 10.1 Å². The second-order valence-corrected chi connectivity index (χ2v) is 4.61. The number of hydrogen-bond donors (Lipinski definition) is 1. The fourth-order valence-corrected chi connectivity index (χ4v) is 1.46. The van der Waals surface area contributed by atoms with Gasteiger partial charge in [-0.1, -0.05) is 33.6 Å². The Morgan fingerprint density at radius 2 is 1.73 bits per heavy atom. The molecule has 0 radical (unpaired) electrons. The molecule has 0 aliphatic heterocycles.